The summed E-state index contributed by atoms with van der Waals surface area (Å²) in [6.07, 6.45) is 2.79. The molecule has 0 aliphatic carbocycles. The first-order valence-electron chi connectivity index (χ1n) is 7.18. The summed E-state index contributed by atoms with van der Waals surface area (Å²) in [5.74, 6) is 0.862. The molecule has 1 fully saturated rings. The van der Waals surface area contributed by atoms with Crippen LogP contribution in [0.15, 0.2) is 5.38 Å². The van der Waals surface area contributed by atoms with Gasteiger partial charge in [-0.05, 0) is 19.6 Å². The Bertz CT molecular complexity index is 467. The lowest BCUT2D eigenvalue weighted by molar-refractivity contribution is -0.123. The summed E-state index contributed by atoms with van der Waals surface area (Å²) in [5.41, 5.74) is 1.06. The third kappa shape index (κ3) is 5.25. The molecule has 0 aromatic carbocycles. The quantitative estimate of drug-likeness (QED) is 0.822. The van der Waals surface area contributed by atoms with Crippen molar-refractivity contribution in [3.63, 3.8) is 0 Å². The van der Waals surface area contributed by atoms with E-state index in [0.717, 1.165) is 36.0 Å². The van der Waals surface area contributed by atoms with Crippen molar-refractivity contribution in [1.29, 1.82) is 0 Å². The zero-order valence-corrected chi connectivity index (χ0v) is 14.2. The maximum absolute atomic E-state index is 11.7. The minimum Gasteiger partial charge on any atom is -0.390 e. The maximum Gasteiger partial charge on any atom is 0.221 e. The third-order valence-electron chi connectivity index (χ3n) is 3.60. The number of aromatic nitrogens is 1. The van der Waals surface area contributed by atoms with Gasteiger partial charge in [-0.15, -0.1) is 11.3 Å². The van der Waals surface area contributed by atoms with Gasteiger partial charge in [0.2, 0.25) is 5.91 Å². The van der Waals surface area contributed by atoms with Gasteiger partial charge in [-0.1, -0.05) is 0 Å². The van der Waals surface area contributed by atoms with Crippen LogP contribution >= 0.6 is 23.1 Å². The van der Waals surface area contributed by atoms with Crippen molar-refractivity contribution in [2.45, 2.75) is 38.5 Å². The molecular weight excluding hydrogens is 306 g/mol. The van der Waals surface area contributed by atoms with Gasteiger partial charge in [0.15, 0.2) is 0 Å². The second-order valence-electron chi connectivity index (χ2n) is 5.37. The van der Waals surface area contributed by atoms with Crippen molar-refractivity contribution < 1.29 is 9.90 Å². The number of piperidine rings is 1. The van der Waals surface area contributed by atoms with E-state index in [0.29, 0.717) is 13.0 Å². The average molecular weight is 329 g/mol. The van der Waals surface area contributed by atoms with Crippen molar-refractivity contribution in [3.8, 4) is 0 Å². The number of thiazole rings is 1. The number of amides is 1. The van der Waals surface area contributed by atoms with Crippen LogP contribution in [-0.2, 0) is 11.3 Å². The van der Waals surface area contributed by atoms with Crippen LogP contribution in [0.4, 0.5) is 0 Å². The van der Waals surface area contributed by atoms with Gasteiger partial charge in [0, 0.05) is 37.2 Å². The molecule has 7 heteroatoms. The molecule has 0 radical (unpaired) electrons. The number of likely N-dealkylation sites (tertiary alicyclic amines) is 1. The summed E-state index contributed by atoms with van der Waals surface area (Å²) in [7, 11) is 0. The topological polar surface area (TPSA) is 65.5 Å². The lowest BCUT2D eigenvalue weighted by atomic mass is 10.0. The SMILES string of the molecule is CSCCC(=O)N[C@@H]1CCN(Cc2csc(C)n2)C[C@H]1O. The summed E-state index contributed by atoms with van der Waals surface area (Å²) >= 11 is 3.31. The summed E-state index contributed by atoms with van der Waals surface area (Å²) in [6.45, 7) is 4.24. The van der Waals surface area contributed by atoms with Crippen molar-refractivity contribution in [2.75, 3.05) is 25.1 Å². The number of β-amino-alcohol motifs (C(OH)–C–C–N with tert-alkyl or cyclic N) is 1. The zero-order valence-electron chi connectivity index (χ0n) is 12.5. The zero-order chi connectivity index (χ0) is 15.2. The number of hydrogen-bond acceptors (Lipinski definition) is 6. The monoisotopic (exact) mass is 329 g/mol. The van der Waals surface area contributed by atoms with Crippen LogP contribution in [0.2, 0.25) is 0 Å². The van der Waals surface area contributed by atoms with E-state index >= 15 is 0 Å². The van der Waals surface area contributed by atoms with Crippen LogP contribution in [-0.4, -0.2) is 58.1 Å². The first kappa shape index (κ1) is 16.7. The molecule has 1 amide bonds. The Balaban J connectivity index is 1.77. The molecule has 5 nitrogen and oxygen atoms in total. The Morgan fingerprint density at radius 2 is 2.48 bits per heavy atom. The van der Waals surface area contributed by atoms with Gasteiger partial charge in [0.1, 0.15) is 0 Å². The number of rotatable bonds is 6. The van der Waals surface area contributed by atoms with Crippen molar-refractivity contribution in [2.24, 2.45) is 0 Å². The van der Waals surface area contributed by atoms with E-state index in [9.17, 15) is 9.90 Å². The van der Waals surface area contributed by atoms with Crippen molar-refractivity contribution >= 4 is 29.0 Å². The van der Waals surface area contributed by atoms with Crippen LogP contribution in [0, 0.1) is 6.92 Å². The highest BCUT2D eigenvalue weighted by Gasteiger charge is 2.28. The molecule has 2 atom stereocenters. The van der Waals surface area contributed by atoms with Crippen LogP contribution in [0.1, 0.15) is 23.5 Å². The normalized spacial score (nSPS) is 23.2. The number of carbonyl (C=O) groups excluding carboxylic acids is 1. The van der Waals surface area contributed by atoms with Gasteiger partial charge in [-0.3, -0.25) is 9.69 Å². The highest BCUT2D eigenvalue weighted by Crippen LogP contribution is 2.16. The Kier molecular flexibility index (Phi) is 6.47. The van der Waals surface area contributed by atoms with Crippen molar-refractivity contribution in [3.05, 3.63) is 16.1 Å². The fourth-order valence-corrected chi connectivity index (χ4v) is 3.49. The third-order valence-corrected chi connectivity index (χ3v) is 5.03. The second-order valence-corrected chi connectivity index (χ2v) is 7.41. The number of nitrogens with one attached hydrogen (secondary N) is 1. The van der Waals surface area contributed by atoms with E-state index in [-0.39, 0.29) is 11.9 Å². The number of aryl methyl sites for hydroxylation is 1. The first-order chi connectivity index (χ1) is 10.1. The lowest BCUT2D eigenvalue weighted by Gasteiger charge is -2.35. The summed E-state index contributed by atoms with van der Waals surface area (Å²) < 4.78 is 0. The van der Waals surface area contributed by atoms with Crippen LogP contribution in [0.25, 0.3) is 0 Å². The molecule has 1 saturated heterocycles. The van der Waals surface area contributed by atoms with Crippen LogP contribution < -0.4 is 5.32 Å². The van der Waals surface area contributed by atoms with Crippen LogP contribution in [0.5, 0.6) is 0 Å². The molecule has 2 heterocycles. The molecule has 0 bridgehead atoms. The van der Waals surface area contributed by atoms with Crippen LogP contribution in [0.3, 0.4) is 0 Å². The highest BCUT2D eigenvalue weighted by atomic mass is 32.2. The van der Waals surface area contributed by atoms with Gasteiger partial charge in [-0.2, -0.15) is 11.8 Å². The molecule has 1 aliphatic rings. The van der Waals surface area contributed by atoms with Gasteiger partial charge >= 0.3 is 0 Å². The van der Waals surface area contributed by atoms with Crippen molar-refractivity contribution in [1.82, 2.24) is 15.2 Å². The van der Waals surface area contributed by atoms with Gasteiger partial charge < -0.3 is 10.4 Å². The lowest BCUT2D eigenvalue weighted by Crippen LogP contribution is -2.53. The second kappa shape index (κ2) is 8.12. The molecule has 118 valence electrons. The standard InChI is InChI=1S/C14H23N3O2S2/c1-10-15-11(9-21-10)7-17-5-3-12(13(18)8-17)16-14(19)4-6-20-2/h9,12-13,18H,3-8H2,1-2H3,(H,16,19)/t12-,13-/m1/s1. The predicted molar refractivity (Wildman–Crippen MR) is 87.7 cm³/mol. The Hall–Kier alpha value is -0.630. The molecule has 1 aromatic rings. The van der Waals surface area contributed by atoms with Gasteiger partial charge in [-0.25, -0.2) is 4.98 Å². The average Bonchev–Trinajstić information content (AvgIpc) is 2.85. The molecule has 0 unspecified atom stereocenters. The van der Waals surface area contributed by atoms with E-state index in [2.05, 4.69) is 20.6 Å². The summed E-state index contributed by atoms with van der Waals surface area (Å²) in [5, 5.41) is 16.3. The van der Waals surface area contributed by atoms with E-state index in [1.54, 1.807) is 23.1 Å². The minimum atomic E-state index is -0.503. The first-order valence-corrected chi connectivity index (χ1v) is 9.45. The molecule has 2 N–H and O–H groups in total. The Morgan fingerprint density at radius 1 is 1.67 bits per heavy atom. The predicted octanol–water partition coefficient (Wildman–Crippen LogP) is 1.26. The summed E-state index contributed by atoms with van der Waals surface area (Å²) in [4.78, 5) is 18.4. The van der Waals surface area contributed by atoms with Gasteiger partial charge in [0.25, 0.3) is 0 Å². The largest absolute Gasteiger partial charge is 0.390 e. The molecule has 0 saturated carbocycles. The fourth-order valence-electron chi connectivity index (χ4n) is 2.49. The molecule has 2 rings (SSSR count). The fraction of sp³-hybridized carbons (Fsp3) is 0.714. The highest BCUT2D eigenvalue weighted by molar-refractivity contribution is 7.98. The van der Waals surface area contributed by atoms with Gasteiger partial charge in [0.05, 0.1) is 22.8 Å². The number of aliphatic hydroxyl groups excluding tert-OH is 1. The number of carbonyl (C=O) groups is 1. The number of hydrogen-bond donors (Lipinski definition) is 2. The number of thioether (sulfide) groups is 1. The molecule has 1 aliphatic heterocycles. The maximum atomic E-state index is 11.7. The Morgan fingerprint density at radius 3 is 3.10 bits per heavy atom. The van der Waals surface area contributed by atoms with E-state index in [1.165, 1.54) is 0 Å². The number of nitrogens with zero attached hydrogens (tertiary/aromatic N) is 2. The minimum absolute atomic E-state index is 0.0389. The smallest absolute Gasteiger partial charge is 0.221 e. The summed E-state index contributed by atoms with van der Waals surface area (Å²) in [6, 6.07) is -0.118. The Labute approximate surface area is 134 Å². The number of aliphatic hydroxyl groups is 1. The molecular formula is C14H23N3O2S2. The molecule has 0 spiro atoms. The van der Waals surface area contributed by atoms with E-state index in [4.69, 9.17) is 0 Å². The van der Waals surface area contributed by atoms with E-state index < -0.39 is 6.10 Å². The van der Waals surface area contributed by atoms with E-state index in [1.807, 2.05) is 13.2 Å². The molecule has 21 heavy (non-hydrogen) atoms. The molecule has 1 aromatic heterocycles.